The molecular formula is C41H42ClN3O7Si. The fourth-order valence-corrected chi connectivity index (χ4v) is 11.8. The molecule has 8 rings (SSSR count). The molecule has 3 amide bonds. The van der Waals surface area contributed by atoms with E-state index in [2.05, 4.69) is 0 Å². The number of ether oxygens (including phenoxy) is 2. The zero-order valence-corrected chi connectivity index (χ0v) is 31.6. The third-order valence-electron chi connectivity index (χ3n) is 11.4. The fraction of sp³-hybridized carbons (Fsp3) is 0.341. The Hall–Kier alpha value is -4.52. The van der Waals surface area contributed by atoms with Crippen molar-refractivity contribution in [3.8, 4) is 5.75 Å². The van der Waals surface area contributed by atoms with E-state index >= 15 is 4.79 Å². The van der Waals surface area contributed by atoms with Crippen LogP contribution >= 0.6 is 11.6 Å². The summed E-state index contributed by atoms with van der Waals surface area (Å²) in [5.41, 5.74) is 3.51. The molecule has 1 saturated heterocycles. The number of para-hydroxylation sites is 2. The van der Waals surface area contributed by atoms with Crippen LogP contribution in [0.4, 0.5) is 17.1 Å². The lowest BCUT2D eigenvalue weighted by atomic mass is 9.82. The van der Waals surface area contributed by atoms with Gasteiger partial charge in [0, 0.05) is 34.3 Å². The molecule has 53 heavy (non-hydrogen) atoms. The van der Waals surface area contributed by atoms with Gasteiger partial charge in [-0.3, -0.25) is 19.3 Å². The molecule has 0 radical (unpaired) electrons. The second kappa shape index (κ2) is 13.4. The molecule has 10 nitrogen and oxygen atoms in total. The van der Waals surface area contributed by atoms with Crippen molar-refractivity contribution in [2.75, 3.05) is 23.0 Å². The normalized spacial score (nSPS) is 25.0. The minimum Gasteiger partial charge on any atom is -0.482 e. The van der Waals surface area contributed by atoms with Gasteiger partial charge in [0.25, 0.3) is 11.8 Å². The number of nitrogens with zero attached hydrogens (tertiary/aromatic N) is 3. The van der Waals surface area contributed by atoms with Crippen molar-refractivity contribution >= 4 is 54.7 Å². The Morgan fingerprint density at radius 1 is 0.962 bits per heavy atom. The van der Waals surface area contributed by atoms with Gasteiger partial charge in [0.15, 0.2) is 20.5 Å². The molecule has 274 valence electrons. The maximum Gasteiger partial charge on any atom is 0.269 e. The van der Waals surface area contributed by atoms with E-state index in [9.17, 15) is 19.5 Å². The molecule has 4 aliphatic heterocycles. The lowest BCUT2D eigenvalue weighted by Crippen LogP contribution is -2.48. The zero-order valence-electron chi connectivity index (χ0n) is 29.9. The number of aliphatic hydroxyl groups is 1. The van der Waals surface area contributed by atoms with Crippen molar-refractivity contribution in [1.29, 1.82) is 0 Å². The average Bonchev–Trinajstić information content (AvgIpc) is 3.56. The van der Waals surface area contributed by atoms with Crippen molar-refractivity contribution in [2.24, 2.45) is 5.92 Å². The topological polar surface area (TPSA) is 120 Å². The lowest BCUT2D eigenvalue weighted by Gasteiger charge is -2.37. The van der Waals surface area contributed by atoms with Crippen LogP contribution in [0.5, 0.6) is 5.75 Å². The van der Waals surface area contributed by atoms with Crippen molar-refractivity contribution in [1.82, 2.24) is 4.90 Å². The molecule has 4 aromatic rings. The molecule has 12 heteroatoms. The van der Waals surface area contributed by atoms with E-state index in [1.165, 1.54) is 0 Å². The molecule has 1 spiro atoms. The van der Waals surface area contributed by atoms with Gasteiger partial charge in [-0.05, 0) is 78.7 Å². The number of rotatable bonds is 7. The van der Waals surface area contributed by atoms with Crippen molar-refractivity contribution in [3.05, 3.63) is 118 Å². The Bertz CT molecular complexity index is 2120. The van der Waals surface area contributed by atoms with Gasteiger partial charge < -0.3 is 29.2 Å². The molecule has 2 N–H and O–H groups in total. The highest BCUT2D eigenvalue weighted by Crippen LogP contribution is 2.60. The number of fused-ring (bicyclic) bond motifs is 4. The Balaban J connectivity index is 1.12. The molecule has 0 aromatic heterocycles. The number of aliphatic hydroxyl groups excluding tert-OH is 1. The van der Waals surface area contributed by atoms with E-state index in [0.29, 0.717) is 46.4 Å². The van der Waals surface area contributed by atoms with E-state index in [-0.39, 0.29) is 49.9 Å². The Labute approximate surface area is 314 Å². The van der Waals surface area contributed by atoms with Crippen molar-refractivity contribution in [3.63, 3.8) is 0 Å². The third-order valence-corrected chi connectivity index (χ3v) is 14.2. The third kappa shape index (κ3) is 5.95. The number of anilines is 3. The predicted octanol–water partition coefficient (Wildman–Crippen LogP) is 6.08. The number of hydrogen-bond acceptors (Lipinski definition) is 7. The van der Waals surface area contributed by atoms with Crippen LogP contribution in [0.25, 0.3) is 0 Å². The van der Waals surface area contributed by atoms with Crippen molar-refractivity contribution in [2.45, 2.75) is 69.2 Å². The highest BCUT2D eigenvalue weighted by molar-refractivity contribution is 6.71. The number of halogens is 1. The molecule has 0 aliphatic carbocycles. The molecule has 4 heterocycles. The minimum absolute atomic E-state index is 0.0489. The van der Waals surface area contributed by atoms with Crippen LogP contribution in [0.15, 0.2) is 91.0 Å². The lowest BCUT2D eigenvalue weighted by molar-refractivity contribution is -0.151. The van der Waals surface area contributed by atoms with Gasteiger partial charge in [-0.2, -0.15) is 0 Å². The molecule has 0 unspecified atom stereocenters. The monoisotopic (exact) mass is 751 g/mol. The quantitative estimate of drug-likeness (QED) is 0.220. The van der Waals surface area contributed by atoms with Crippen LogP contribution in [-0.4, -0.2) is 66.2 Å². The predicted molar refractivity (Wildman–Crippen MR) is 204 cm³/mol. The van der Waals surface area contributed by atoms with E-state index in [1.54, 1.807) is 26.8 Å². The fourth-order valence-electron chi connectivity index (χ4n) is 9.10. The van der Waals surface area contributed by atoms with Gasteiger partial charge >= 0.3 is 0 Å². The standard InChI is InChI=1S/C41H42ClN3O7Si/c1-25-39(53(2,3)50)36(20-37(47)43-22-28-11-5-4-10-27(28)18-31(43)23-46)52-41(25)32-19-29(42)15-16-33(32)44(40(41)49)21-26-9-8-12-30(17-26)45-34-13-6-7-14-35(34)51-24-38(45)48/h4-17,19,25,31,36,39,46,50H,18,20-24H2,1-3H3/t25-,31+,36+,39-,41+/m1/s1. The first-order valence-corrected chi connectivity index (χ1v) is 21.4. The van der Waals surface area contributed by atoms with Gasteiger partial charge in [0.2, 0.25) is 5.91 Å². The maximum absolute atomic E-state index is 15.0. The molecular weight excluding hydrogens is 710 g/mol. The van der Waals surface area contributed by atoms with Crippen LogP contribution in [-0.2, 0) is 44.2 Å². The molecule has 1 fully saturated rings. The number of carbonyl (C=O) groups excluding carboxylic acids is 3. The summed E-state index contributed by atoms with van der Waals surface area (Å²) < 4.78 is 12.6. The number of carbonyl (C=O) groups is 3. The Kier molecular flexibility index (Phi) is 8.98. The first-order chi connectivity index (χ1) is 25.4. The number of hydrogen-bond donors (Lipinski definition) is 2. The van der Waals surface area contributed by atoms with Crippen LogP contribution in [0.1, 0.15) is 35.6 Å². The summed E-state index contributed by atoms with van der Waals surface area (Å²) in [6.07, 6.45) is -0.264. The van der Waals surface area contributed by atoms with Gasteiger partial charge in [0.1, 0.15) is 5.75 Å². The zero-order chi connectivity index (χ0) is 37.2. The summed E-state index contributed by atoms with van der Waals surface area (Å²) >= 11 is 6.61. The first kappa shape index (κ1) is 35.5. The highest BCUT2D eigenvalue weighted by Gasteiger charge is 2.66. The molecule has 4 aliphatic rings. The second-order valence-electron chi connectivity index (χ2n) is 15.1. The summed E-state index contributed by atoms with van der Waals surface area (Å²) in [4.78, 5) is 59.2. The Morgan fingerprint density at radius 3 is 2.49 bits per heavy atom. The van der Waals surface area contributed by atoms with Crippen LogP contribution in [0.3, 0.4) is 0 Å². The van der Waals surface area contributed by atoms with Crippen LogP contribution < -0.4 is 14.5 Å². The van der Waals surface area contributed by atoms with Gasteiger partial charge in [-0.15, -0.1) is 0 Å². The summed E-state index contributed by atoms with van der Waals surface area (Å²) in [5, 5.41) is 10.7. The summed E-state index contributed by atoms with van der Waals surface area (Å²) in [6.45, 7) is 5.87. The summed E-state index contributed by atoms with van der Waals surface area (Å²) in [5.74, 6) is -0.570. The summed E-state index contributed by atoms with van der Waals surface area (Å²) in [6, 6.07) is 27.8. The van der Waals surface area contributed by atoms with Crippen molar-refractivity contribution < 1.29 is 33.8 Å². The molecule has 4 aromatic carbocycles. The molecule has 0 saturated carbocycles. The minimum atomic E-state index is -3.06. The smallest absolute Gasteiger partial charge is 0.269 e. The molecule has 5 atom stereocenters. The average molecular weight is 752 g/mol. The second-order valence-corrected chi connectivity index (χ2v) is 19.5. The van der Waals surface area contributed by atoms with Gasteiger partial charge in [0.05, 0.1) is 43.1 Å². The van der Waals surface area contributed by atoms with Crippen LogP contribution in [0, 0.1) is 5.92 Å². The SMILES string of the molecule is C[C@@H]1[C@@H]([Si](C)(C)O)[C@H](CC(=O)N2Cc3ccccc3C[C@H]2CO)O[C@@]12C(=O)N(Cc1cccc(N3C(=O)COc4ccccc43)c1)c1ccc(Cl)cc12. The van der Waals surface area contributed by atoms with Gasteiger partial charge in [-0.1, -0.05) is 67.1 Å². The maximum atomic E-state index is 15.0. The summed E-state index contributed by atoms with van der Waals surface area (Å²) in [7, 11) is -3.06. The van der Waals surface area contributed by atoms with E-state index in [1.807, 2.05) is 98.9 Å². The van der Waals surface area contributed by atoms with E-state index in [4.69, 9.17) is 21.1 Å². The molecule has 0 bridgehead atoms. The van der Waals surface area contributed by atoms with E-state index < -0.39 is 31.5 Å². The highest BCUT2D eigenvalue weighted by atomic mass is 35.5. The van der Waals surface area contributed by atoms with Crippen LogP contribution in [0.2, 0.25) is 23.7 Å². The Morgan fingerprint density at radius 2 is 1.72 bits per heavy atom. The number of amides is 3. The van der Waals surface area contributed by atoms with E-state index in [0.717, 1.165) is 16.7 Å². The van der Waals surface area contributed by atoms with Gasteiger partial charge in [-0.25, -0.2) is 0 Å². The largest absolute Gasteiger partial charge is 0.482 e. The number of benzene rings is 4. The first-order valence-electron chi connectivity index (χ1n) is 18.0.